The number of nitrogens with one attached hydrogen (secondary N) is 1. The van der Waals surface area contributed by atoms with Gasteiger partial charge in [0.2, 0.25) is 0 Å². The van der Waals surface area contributed by atoms with Gasteiger partial charge in [0.25, 0.3) is 0 Å². The Hall–Kier alpha value is -1.84. The van der Waals surface area contributed by atoms with E-state index in [1.54, 1.807) is 0 Å². The third-order valence-corrected chi connectivity index (χ3v) is 3.54. The van der Waals surface area contributed by atoms with E-state index in [9.17, 15) is 0 Å². The summed E-state index contributed by atoms with van der Waals surface area (Å²) in [6.07, 6.45) is 1.68. The van der Waals surface area contributed by atoms with Crippen molar-refractivity contribution in [2.75, 3.05) is 13.7 Å². The standard InChI is InChI=1S/C18H23NO2/c1-19-17(11-12-20)13-15-7-9-18(10-8-15)21-14-16-5-3-2-4-6-16/h2-10,17,19-20H,11-14H2,1H3. The summed E-state index contributed by atoms with van der Waals surface area (Å²) in [7, 11) is 1.93. The number of aliphatic hydroxyl groups excluding tert-OH is 1. The molecule has 3 heteroatoms. The molecule has 21 heavy (non-hydrogen) atoms. The van der Waals surface area contributed by atoms with Gasteiger partial charge >= 0.3 is 0 Å². The fourth-order valence-electron chi connectivity index (χ4n) is 2.25. The van der Waals surface area contributed by atoms with Gasteiger partial charge in [0.1, 0.15) is 12.4 Å². The topological polar surface area (TPSA) is 41.5 Å². The molecule has 0 amide bonds. The Balaban J connectivity index is 1.87. The van der Waals surface area contributed by atoms with Crippen molar-refractivity contribution in [3.05, 3.63) is 65.7 Å². The van der Waals surface area contributed by atoms with Crippen LogP contribution in [0.1, 0.15) is 17.5 Å². The highest BCUT2D eigenvalue weighted by Crippen LogP contribution is 2.15. The van der Waals surface area contributed by atoms with Gasteiger partial charge in [-0.05, 0) is 43.1 Å². The molecule has 0 aliphatic carbocycles. The lowest BCUT2D eigenvalue weighted by Crippen LogP contribution is -2.28. The molecule has 0 radical (unpaired) electrons. The molecule has 0 spiro atoms. The molecular weight excluding hydrogens is 262 g/mol. The highest BCUT2D eigenvalue weighted by Gasteiger charge is 2.06. The molecule has 2 N–H and O–H groups in total. The SMILES string of the molecule is CNC(CCO)Cc1ccc(OCc2ccccc2)cc1. The molecule has 0 aromatic heterocycles. The fraction of sp³-hybridized carbons (Fsp3) is 0.333. The molecule has 1 unspecified atom stereocenters. The van der Waals surface area contributed by atoms with Crippen LogP contribution in [-0.4, -0.2) is 24.8 Å². The molecule has 1 atom stereocenters. The molecule has 0 bridgehead atoms. The summed E-state index contributed by atoms with van der Waals surface area (Å²) in [5, 5.41) is 12.2. The van der Waals surface area contributed by atoms with E-state index >= 15 is 0 Å². The van der Waals surface area contributed by atoms with Crippen molar-refractivity contribution in [2.24, 2.45) is 0 Å². The zero-order valence-electron chi connectivity index (χ0n) is 12.5. The van der Waals surface area contributed by atoms with E-state index < -0.39 is 0 Å². The van der Waals surface area contributed by atoms with E-state index in [2.05, 4.69) is 29.6 Å². The van der Waals surface area contributed by atoms with Crippen LogP contribution in [0.25, 0.3) is 0 Å². The van der Waals surface area contributed by atoms with Crippen LogP contribution >= 0.6 is 0 Å². The Kier molecular flexibility index (Phi) is 6.25. The molecule has 2 aromatic rings. The van der Waals surface area contributed by atoms with Crippen LogP contribution in [0.15, 0.2) is 54.6 Å². The predicted molar refractivity (Wildman–Crippen MR) is 85.5 cm³/mol. The van der Waals surface area contributed by atoms with E-state index in [1.807, 2.05) is 37.4 Å². The minimum atomic E-state index is 0.212. The summed E-state index contributed by atoms with van der Waals surface area (Å²) in [4.78, 5) is 0. The lowest BCUT2D eigenvalue weighted by molar-refractivity contribution is 0.267. The normalized spacial score (nSPS) is 12.1. The Morgan fingerprint density at radius 1 is 1.00 bits per heavy atom. The van der Waals surface area contributed by atoms with E-state index in [0.717, 1.165) is 18.6 Å². The lowest BCUT2D eigenvalue weighted by atomic mass is 10.0. The van der Waals surface area contributed by atoms with Gasteiger partial charge in [-0.2, -0.15) is 0 Å². The van der Waals surface area contributed by atoms with Crippen molar-refractivity contribution >= 4 is 0 Å². The van der Waals surface area contributed by atoms with Crippen LogP contribution in [0, 0.1) is 0 Å². The molecule has 2 aromatic carbocycles. The molecular formula is C18H23NO2. The lowest BCUT2D eigenvalue weighted by Gasteiger charge is -2.15. The molecule has 0 heterocycles. The van der Waals surface area contributed by atoms with E-state index in [4.69, 9.17) is 9.84 Å². The van der Waals surface area contributed by atoms with Crippen LogP contribution in [0.5, 0.6) is 5.75 Å². The monoisotopic (exact) mass is 285 g/mol. The molecule has 3 nitrogen and oxygen atoms in total. The maximum absolute atomic E-state index is 9.01. The second-order valence-electron chi connectivity index (χ2n) is 5.12. The summed E-state index contributed by atoms with van der Waals surface area (Å²) < 4.78 is 5.77. The maximum Gasteiger partial charge on any atom is 0.119 e. The molecule has 0 aliphatic heterocycles. The summed E-state index contributed by atoms with van der Waals surface area (Å²) >= 11 is 0. The van der Waals surface area contributed by atoms with Gasteiger partial charge in [0, 0.05) is 12.6 Å². The minimum Gasteiger partial charge on any atom is -0.489 e. The van der Waals surface area contributed by atoms with Crippen LogP contribution in [0.2, 0.25) is 0 Å². The minimum absolute atomic E-state index is 0.212. The highest BCUT2D eigenvalue weighted by molar-refractivity contribution is 5.28. The van der Waals surface area contributed by atoms with Crippen LogP contribution in [-0.2, 0) is 13.0 Å². The summed E-state index contributed by atoms with van der Waals surface area (Å²) in [5.74, 6) is 0.880. The summed E-state index contributed by atoms with van der Waals surface area (Å²) in [6.45, 7) is 0.799. The zero-order chi connectivity index (χ0) is 14.9. The van der Waals surface area contributed by atoms with Gasteiger partial charge in [-0.1, -0.05) is 42.5 Å². The molecule has 2 rings (SSSR count). The molecule has 0 aliphatic rings. The number of hydrogen-bond donors (Lipinski definition) is 2. The van der Waals surface area contributed by atoms with E-state index in [0.29, 0.717) is 12.6 Å². The van der Waals surface area contributed by atoms with Gasteiger partial charge in [-0.15, -0.1) is 0 Å². The average Bonchev–Trinajstić information content (AvgIpc) is 2.54. The number of ether oxygens (including phenoxy) is 1. The third-order valence-electron chi connectivity index (χ3n) is 3.54. The van der Waals surface area contributed by atoms with E-state index in [1.165, 1.54) is 11.1 Å². The van der Waals surface area contributed by atoms with Crippen molar-refractivity contribution < 1.29 is 9.84 Å². The summed E-state index contributed by atoms with van der Waals surface area (Å²) in [5.41, 5.74) is 2.41. The molecule has 0 saturated heterocycles. The first-order chi connectivity index (χ1) is 10.3. The Morgan fingerprint density at radius 2 is 1.71 bits per heavy atom. The molecule has 112 valence electrons. The largest absolute Gasteiger partial charge is 0.489 e. The highest BCUT2D eigenvalue weighted by atomic mass is 16.5. The number of hydrogen-bond acceptors (Lipinski definition) is 3. The van der Waals surface area contributed by atoms with Crippen LogP contribution in [0.4, 0.5) is 0 Å². The first kappa shape index (κ1) is 15.5. The van der Waals surface area contributed by atoms with Crippen molar-refractivity contribution in [2.45, 2.75) is 25.5 Å². The Labute approximate surface area is 126 Å². The van der Waals surface area contributed by atoms with Crippen molar-refractivity contribution in [3.8, 4) is 5.75 Å². The van der Waals surface area contributed by atoms with Gasteiger partial charge in [-0.3, -0.25) is 0 Å². The van der Waals surface area contributed by atoms with Crippen LogP contribution < -0.4 is 10.1 Å². The van der Waals surface area contributed by atoms with Crippen molar-refractivity contribution in [1.82, 2.24) is 5.32 Å². The average molecular weight is 285 g/mol. The van der Waals surface area contributed by atoms with E-state index in [-0.39, 0.29) is 6.61 Å². The maximum atomic E-state index is 9.01. The molecule has 0 saturated carbocycles. The van der Waals surface area contributed by atoms with Gasteiger partial charge in [-0.25, -0.2) is 0 Å². The van der Waals surface area contributed by atoms with Crippen LogP contribution in [0.3, 0.4) is 0 Å². The number of aliphatic hydroxyl groups is 1. The Bertz CT molecular complexity index is 511. The second kappa shape index (κ2) is 8.45. The Morgan fingerprint density at radius 3 is 2.33 bits per heavy atom. The number of rotatable bonds is 8. The van der Waals surface area contributed by atoms with Crippen molar-refractivity contribution in [3.63, 3.8) is 0 Å². The first-order valence-electron chi connectivity index (χ1n) is 7.35. The van der Waals surface area contributed by atoms with Gasteiger partial charge in [0.05, 0.1) is 0 Å². The smallest absolute Gasteiger partial charge is 0.119 e. The van der Waals surface area contributed by atoms with Gasteiger partial charge in [0.15, 0.2) is 0 Å². The predicted octanol–water partition coefficient (Wildman–Crippen LogP) is 2.78. The zero-order valence-corrected chi connectivity index (χ0v) is 12.5. The third kappa shape index (κ3) is 5.21. The summed E-state index contributed by atoms with van der Waals surface area (Å²) in [6, 6.07) is 18.6. The number of likely N-dealkylation sites (N-methyl/N-ethyl adjacent to an activating group) is 1. The number of benzene rings is 2. The van der Waals surface area contributed by atoms with Crippen molar-refractivity contribution in [1.29, 1.82) is 0 Å². The first-order valence-corrected chi connectivity index (χ1v) is 7.35. The fourth-order valence-corrected chi connectivity index (χ4v) is 2.25. The van der Waals surface area contributed by atoms with Gasteiger partial charge < -0.3 is 15.2 Å². The molecule has 0 fully saturated rings. The second-order valence-corrected chi connectivity index (χ2v) is 5.12. The quantitative estimate of drug-likeness (QED) is 0.783.